The predicted molar refractivity (Wildman–Crippen MR) is 91.5 cm³/mol. The molecule has 124 valence electrons. The van der Waals surface area contributed by atoms with E-state index in [-0.39, 0.29) is 0 Å². The maximum absolute atomic E-state index is 10.3. The third-order valence-corrected chi connectivity index (χ3v) is 4.88. The molecule has 3 atom stereocenters. The summed E-state index contributed by atoms with van der Waals surface area (Å²) in [5, 5.41) is 10.3. The van der Waals surface area contributed by atoms with Crippen molar-refractivity contribution >= 4 is 0 Å². The molecule has 1 saturated heterocycles. The van der Waals surface area contributed by atoms with Crippen molar-refractivity contribution in [1.29, 1.82) is 0 Å². The van der Waals surface area contributed by atoms with Gasteiger partial charge in [0.15, 0.2) is 0 Å². The Bertz CT molecular complexity index is 449. The van der Waals surface area contributed by atoms with Gasteiger partial charge in [0.1, 0.15) is 18.5 Å². The molecule has 0 aromatic heterocycles. The zero-order valence-electron chi connectivity index (χ0n) is 14.3. The Labute approximate surface area is 135 Å². The van der Waals surface area contributed by atoms with Crippen molar-refractivity contribution in [3.05, 3.63) is 29.8 Å². The first-order valence-corrected chi connectivity index (χ1v) is 8.75. The van der Waals surface area contributed by atoms with Crippen LogP contribution in [0.3, 0.4) is 0 Å². The zero-order chi connectivity index (χ0) is 15.9. The Balaban J connectivity index is 1.87. The van der Waals surface area contributed by atoms with Gasteiger partial charge in [0.05, 0.1) is 0 Å². The van der Waals surface area contributed by atoms with Crippen LogP contribution in [0.4, 0.5) is 0 Å². The molecule has 0 spiro atoms. The van der Waals surface area contributed by atoms with Gasteiger partial charge in [-0.1, -0.05) is 38.5 Å². The van der Waals surface area contributed by atoms with Crippen molar-refractivity contribution in [3.8, 4) is 5.75 Å². The third kappa shape index (κ3) is 4.72. The van der Waals surface area contributed by atoms with Crippen LogP contribution in [0, 0.1) is 0 Å². The van der Waals surface area contributed by atoms with E-state index in [1.165, 1.54) is 24.8 Å². The van der Waals surface area contributed by atoms with Crippen molar-refractivity contribution in [1.82, 2.24) is 4.90 Å². The topological polar surface area (TPSA) is 32.7 Å². The number of β-amino-alcohol motifs (C(OH)–C–C–N with tert-alkyl or cyclic N) is 1. The lowest BCUT2D eigenvalue weighted by Gasteiger charge is -2.34. The molecule has 0 radical (unpaired) electrons. The van der Waals surface area contributed by atoms with E-state index in [1.54, 1.807) is 0 Å². The highest BCUT2D eigenvalue weighted by molar-refractivity contribution is 5.35. The van der Waals surface area contributed by atoms with E-state index in [0.717, 1.165) is 18.7 Å². The summed E-state index contributed by atoms with van der Waals surface area (Å²) in [6.45, 7) is 8.85. The highest BCUT2D eigenvalue weighted by atomic mass is 16.5. The van der Waals surface area contributed by atoms with Crippen LogP contribution in [0.25, 0.3) is 0 Å². The molecule has 22 heavy (non-hydrogen) atoms. The smallest absolute Gasteiger partial charge is 0.122 e. The van der Waals surface area contributed by atoms with Crippen LogP contribution >= 0.6 is 0 Å². The lowest BCUT2D eigenvalue weighted by molar-refractivity contribution is 0.0435. The third-order valence-electron chi connectivity index (χ3n) is 4.88. The minimum atomic E-state index is -0.425. The van der Waals surface area contributed by atoms with Gasteiger partial charge in [-0.15, -0.1) is 0 Å². The second-order valence-corrected chi connectivity index (χ2v) is 6.65. The molecule has 1 aromatic carbocycles. The molecule has 1 heterocycles. The standard InChI is InChI=1S/C19H31NO2/c1-4-15(2)18-10-5-6-11-19(18)22-14-17(21)13-20-12-8-7-9-16(20)3/h5-6,10-11,15-17,21H,4,7-9,12-14H2,1-3H3/t15-,16+,17+/m1/s1. The number of rotatable bonds is 7. The number of hydrogen-bond acceptors (Lipinski definition) is 3. The van der Waals surface area contributed by atoms with Crippen molar-refractivity contribution in [2.24, 2.45) is 0 Å². The van der Waals surface area contributed by atoms with Gasteiger partial charge in [-0.2, -0.15) is 0 Å². The van der Waals surface area contributed by atoms with Crippen LogP contribution in [-0.4, -0.2) is 41.8 Å². The van der Waals surface area contributed by atoms with E-state index in [1.807, 2.05) is 12.1 Å². The fraction of sp³-hybridized carbons (Fsp3) is 0.684. The van der Waals surface area contributed by atoms with E-state index in [0.29, 0.717) is 25.1 Å². The van der Waals surface area contributed by atoms with E-state index < -0.39 is 6.10 Å². The number of ether oxygens (including phenoxy) is 1. The maximum Gasteiger partial charge on any atom is 0.122 e. The van der Waals surface area contributed by atoms with Gasteiger partial charge in [0, 0.05) is 12.6 Å². The Morgan fingerprint density at radius 2 is 2.09 bits per heavy atom. The highest BCUT2D eigenvalue weighted by Gasteiger charge is 2.21. The molecule has 0 bridgehead atoms. The molecular weight excluding hydrogens is 274 g/mol. The fourth-order valence-electron chi connectivity index (χ4n) is 3.18. The predicted octanol–water partition coefficient (Wildman–Crippen LogP) is 3.81. The summed E-state index contributed by atoms with van der Waals surface area (Å²) in [5.74, 6) is 1.40. The molecule has 2 rings (SSSR count). The van der Waals surface area contributed by atoms with Crippen LogP contribution in [0.15, 0.2) is 24.3 Å². The summed E-state index contributed by atoms with van der Waals surface area (Å²) in [5.41, 5.74) is 1.24. The van der Waals surface area contributed by atoms with Crippen LogP contribution in [0.2, 0.25) is 0 Å². The molecule has 1 fully saturated rings. The summed E-state index contributed by atoms with van der Waals surface area (Å²) in [6.07, 6.45) is 4.46. The van der Waals surface area contributed by atoms with Crippen LogP contribution < -0.4 is 4.74 Å². The second-order valence-electron chi connectivity index (χ2n) is 6.65. The second kappa shape index (κ2) is 8.54. The number of aliphatic hydroxyl groups excluding tert-OH is 1. The summed E-state index contributed by atoms with van der Waals surface area (Å²) in [4.78, 5) is 2.39. The van der Waals surface area contributed by atoms with Crippen LogP contribution in [0.1, 0.15) is 57.9 Å². The van der Waals surface area contributed by atoms with Gasteiger partial charge < -0.3 is 9.84 Å². The van der Waals surface area contributed by atoms with Gasteiger partial charge in [-0.3, -0.25) is 4.90 Å². The number of benzene rings is 1. The van der Waals surface area contributed by atoms with Gasteiger partial charge in [0.25, 0.3) is 0 Å². The molecule has 1 aliphatic heterocycles. The number of para-hydroxylation sites is 1. The average Bonchev–Trinajstić information content (AvgIpc) is 2.54. The fourth-order valence-corrected chi connectivity index (χ4v) is 3.18. The van der Waals surface area contributed by atoms with E-state index in [9.17, 15) is 5.11 Å². The highest BCUT2D eigenvalue weighted by Crippen LogP contribution is 2.28. The summed E-state index contributed by atoms with van der Waals surface area (Å²) in [6, 6.07) is 8.77. The number of aliphatic hydroxyl groups is 1. The van der Waals surface area contributed by atoms with Crippen molar-refractivity contribution in [2.45, 2.75) is 64.5 Å². The Kier molecular flexibility index (Phi) is 6.71. The summed E-state index contributed by atoms with van der Waals surface area (Å²) in [7, 11) is 0. The number of hydrogen-bond donors (Lipinski definition) is 1. The SMILES string of the molecule is CC[C@@H](C)c1ccccc1OC[C@@H](O)CN1CCCC[C@@H]1C. The Hall–Kier alpha value is -1.06. The quantitative estimate of drug-likeness (QED) is 0.831. The first-order valence-electron chi connectivity index (χ1n) is 8.75. The van der Waals surface area contributed by atoms with Gasteiger partial charge in [-0.05, 0) is 50.3 Å². The molecular formula is C19H31NO2. The molecule has 0 aliphatic carbocycles. The van der Waals surface area contributed by atoms with Gasteiger partial charge >= 0.3 is 0 Å². The monoisotopic (exact) mass is 305 g/mol. The molecule has 0 unspecified atom stereocenters. The molecule has 0 saturated carbocycles. The van der Waals surface area contributed by atoms with Crippen molar-refractivity contribution in [3.63, 3.8) is 0 Å². The van der Waals surface area contributed by atoms with Crippen LogP contribution in [-0.2, 0) is 0 Å². The van der Waals surface area contributed by atoms with Gasteiger partial charge in [0.2, 0.25) is 0 Å². The minimum absolute atomic E-state index is 0.372. The zero-order valence-corrected chi connectivity index (χ0v) is 14.3. The number of piperidine rings is 1. The van der Waals surface area contributed by atoms with Crippen LogP contribution in [0.5, 0.6) is 5.75 Å². The Morgan fingerprint density at radius 1 is 1.32 bits per heavy atom. The molecule has 3 heteroatoms. The van der Waals surface area contributed by atoms with E-state index in [2.05, 4.69) is 37.8 Å². The number of nitrogens with zero attached hydrogens (tertiary/aromatic N) is 1. The van der Waals surface area contributed by atoms with E-state index in [4.69, 9.17) is 4.74 Å². The molecule has 1 aromatic rings. The minimum Gasteiger partial charge on any atom is -0.491 e. The molecule has 1 aliphatic rings. The largest absolute Gasteiger partial charge is 0.491 e. The lowest BCUT2D eigenvalue weighted by atomic mass is 9.98. The lowest BCUT2D eigenvalue weighted by Crippen LogP contribution is -2.43. The summed E-state index contributed by atoms with van der Waals surface area (Å²) < 4.78 is 5.92. The maximum atomic E-state index is 10.3. The Morgan fingerprint density at radius 3 is 2.82 bits per heavy atom. The normalized spacial score (nSPS) is 22.3. The molecule has 3 nitrogen and oxygen atoms in total. The molecule has 1 N–H and O–H groups in total. The first-order chi connectivity index (χ1) is 10.6. The molecule has 0 amide bonds. The first kappa shape index (κ1) is 17.3. The van der Waals surface area contributed by atoms with Crippen molar-refractivity contribution in [2.75, 3.05) is 19.7 Å². The average molecular weight is 305 g/mol. The summed E-state index contributed by atoms with van der Waals surface area (Å²) >= 11 is 0. The van der Waals surface area contributed by atoms with Gasteiger partial charge in [-0.25, -0.2) is 0 Å². The van der Waals surface area contributed by atoms with E-state index >= 15 is 0 Å². The van der Waals surface area contributed by atoms with Crippen molar-refractivity contribution < 1.29 is 9.84 Å². The number of likely N-dealkylation sites (tertiary alicyclic amines) is 1.